The van der Waals surface area contributed by atoms with Gasteiger partial charge in [-0.25, -0.2) is 18.4 Å². The number of hydrogen-bond donors (Lipinski definition) is 1. The Morgan fingerprint density at radius 1 is 1.15 bits per heavy atom. The SMILES string of the molecule is COc1nc2ccc(C(O)(c3cnnn3C)C3CCN(C(C)=O)CC3)cc2c(Cl)c1Cc1ccc(C(C)(F)F)cc1. The van der Waals surface area contributed by atoms with Gasteiger partial charge in [0, 0.05) is 62.8 Å². The minimum atomic E-state index is -2.93. The largest absolute Gasteiger partial charge is 0.481 e. The molecule has 1 N–H and O–H groups in total. The van der Waals surface area contributed by atoms with E-state index in [0.717, 1.165) is 12.5 Å². The number of benzene rings is 2. The van der Waals surface area contributed by atoms with Crippen LogP contribution in [0.15, 0.2) is 48.7 Å². The number of amides is 1. The third kappa shape index (κ3) is 5.38. The molecule has 0 spiro atoms. The summed E-state index contributed by atoms with van der Waals surface area (Å²) in [7, 11) is 3.24. The molecule has 1 saturated heterocycles. The van der Waals surface area contributed by atoms with Gasteiger partial charge in [0.25, 0.3) is 5.92 Å². The van der Waals surface area contributed by atoms with Gasteiger partial charge in [-0.05, 0) is 36.1 Å². The van der Waals surface area contributed by atoms with E-state index >= 15 is 0 Å². The van der Waals surface area contributed by atoms with Crippen molar-refractivity contribution in [3.63, 3.8) is 0 Å². The monoisotopic (exact) mass is 583 g/mol. The van der Waals surface area contributed by atoms with Crippen LogP contribution in [0.3, 0.4) is 0 Å². The third-order valence-corrected chi connectivity index (χ3v) is 8.52. The van der Waals surface area contributed by atoms with Crippen molar-refractivity contribution < 1.29 is 23.4 Å². The van der Waals surface area contributed by atoms with Crippen molar-refractivity contribution in [1.29, 1.82) is 0 Å². The summed E-state index contributed by atoms with van der Waals surface area (Å²) in [6.07, 6.45) is 3.05. The molecule has 1 unspecified atom stereocenters. The van der Waals surface area contributed by atoms with E-state index in [1.54, 1.807) is 47.9 Å². The molecule has 0 radical (unpaired) electrons. The number of likely N-dealkylation sites (tertiary alicyclic amines) is 1. The molecular formula is C30H32ClF2N5O3. The number of pyridine rings is 1. The van der Waals surface area contributed by atoms with Gasteiger partial charge in [-0.15, -0.1) is 5.10 Å². The predicted octanol–water partition coefficient (Wildman–Crippen LogP) is 5.22. The van der Waals surface area contributed by atoms with E-state index in [-0.39, 0.29) is 17.4 Å². The Kier molecular flexibility index (Phi) is 7.74. The average Bonchev–Trinajstić information content (AvgIpc) is 3.40. The van der Waals surface area contributed by atoms with Crippen molar-refractivity contribution in [3.8, 4) is 5.88 Å². The summed E-state index contributed by atoms with van der Waals surface area (Å²) in [5.74, 6) is -2.80. The summed E-state index contributed by atoms with van der Waals surface area (Å²) >= 11 is 7.00. The molecule has 4 aromatic rings. The zero-order valence-corrected chi connectivity index (χ0v) is 24.1. The number of nitrogens with zero attached hydrogens (tertiary/aromatic N) is 5. The molecule has 1 aliphatic heterocycles. The zero-order chi connectivity index (χ0) is 29.5. The van der Waals surface area contributed by atoms with Crippen molar-refractivity contribution in [2.45, 2.75) is 44.6 Å². The molecule has 3 heterocycles. The van der Waals surface area contributed by atoms with Gasteiger partial charge in [-0.2, -0.15) is 0 Å². The van der Waals surface area contributed by atoms with Crippen LogP contribution in [0.2, 0.25) is 5.02 Å². The standard InChI is InChI=1S/C30H32ClF2N5O3/c1-18(39)38-13-11-21(12-14-38)30(40,26-17-34-36-37(26)3)22-9-10-25-23(16-22)27(31)24(28(35-25)41-4)15-19-5-7-20(8-6-19)29(2,32)33/h5-10,16-17,21,40H,11-15H2,1-4H3. The lowest BCUT2D eigenvalue weighted by Crippen LogP contribution is -2.46. The lowest BCUT2D eigenvalue weighted by Gasteiger charge is -2.41. The molecule has 1 amide bonds. The first-order valence-electron chi connectivity index (χ1n) is 13.4. The number of piperidine rings is 1. The second kappa shape index (κ2) is 11.0. The van der Waals surface area contributed by atoms with Crippen LogP contribution < -0.4 is 4.74 Å². The minimum Gasteiger partial charge on any atom is -0.481 e. The molecule has 0 bridgehead atoms. The van der Waals surface area contributed by atoms with Crippen LogP contribution in [0.4, 0.5) is 8.78 Å². The van der Waals surface area contributed by atoms with E-state index in [9.17, 15) is 18.7 Å². The van der Waals surface area contributed by atoms with Crippen molar-refractivity contribution in [2.24, 2.45) is 13.0 Å². The second-order valence-corrected chi connectivity index (χ2v) is 11.1. The number of ether oxygens (including phenoxy) is 1. The predicted molar refractivity (Wildman–Crippen MR) is 151 cm³/mol. The molecule has 11 heteroatoms. The fraction of sp³-hybridized carbons (Fsp3) is 0.400. The Morgan fingerprint density at radius 3 is 2.37 bits per heavy atom. The Balaban J connectivity index is 1.58. The van der Waals surface area contributed by atoms with Crippen LogP contribution in [0.5, 0.6) is 5.88 Å². The van der Waals surface area contributed by atoms with Gasteiger partial charge in [0.2, 0.25) is 11.8 Å². The number of aryl methyl sites for hydroxylation is 1. The third-order valence-electron chi connectivity index (χ3n) is 8.09. The van der Waals surface area contributed by atoms with Gasteiger partial charge in [0.1, 0.15) is 5.60 Å². The molecule has 1 aliphatic rings. The molecule has 8 nitrogen and oxygen atoms in total. The van der Waals surface area contributed by atoms with Gasteiger partial charge in [-0.1, -0.05) is 47.1 Å². The van der Waals surface area contributed by atoms with Crippen molar-refractivity contribution in [1.82, 2.24) is 24.9 Å². The van der Waals surface area contributed by atoms with E-state index in [4.69, 9.17) is 16.3 Å². The maximum atomic E-state index is 13.7. The number of aliphatic hydroxyl groups is 1. The van der Waals surface area contributed by atoms with Crippen LogP contribution in [-0.2, 0) is 29.8 Å². The topological polar surface area (TPSA) is 93.4 Å². The highest BCUT2D eigenvalue weighted by molar-refractivity contribution is 6.36. The Bertz CT molecular complexity index is 1580. The van der Waals surface area contributed by atoms with E-state index in [1.807, 2.05) is 12.1 Å². The molecule has 5 rings (SSSR count). The number of fused-ring (bicyclic) bond motifs is 1. The second-order valence-electron chi connectivity index (χ2n) is 10.7. The van der Waals surface area contributed by atoms with Crippen molar-refractivity contribution >= 4 is 28.4 Å². The highest BCUT2D eigenvalue weighted by Gasteiger charge is 2.44. The van der Waals surface area contributed by atoms with Crippen LogP contribution in [0, 0.1) is 5.92 Å². The number of alkyl halides is 2. The molecule has 2 aromatic carbocycles. The summed E-state index contributed by atoms with van der Waals surface area (Å²) < 4.78 is 34.6. The van der Waals surface area contributed by atoms with Gasteiger partial charge in [0.15, 0.2) is 0 Å². The maximum absolute atomic E-state index is 13.7. The summed E-state index contributed by atoms with van der Waals surface area (Å²) in [6.45, 7) is 3.48. The Hall–Kier alpha value is -3.63. The minimum absolute atomic E-state index is 0.0114. The fourth-order valence-electron chi connectivity index (χ4n) is 5.76. The number of halogens is 3. The quantitative estimate of drug-likeness (QED) is 0.321. The maximum Gasteiger partial charge on any atom is 0.270 e. The van der Waals surface area contributed by atoms with Crippen LogP contribution in [0.25, 0.3) is 10.9 Å². The van der Waals surface area contributed by atoms with Gasteiger partial charge in [0.05, 0.1) is 29.5 Å². The first kappa shape index (κ1) is 28.9. The zero-order valence-electron chi connectivity index (χ0n) is 23.4. The highest BCUT2D eigenvalue weighted by atomic mass is 35.5. The number of carbonyl (C=O) groups is 1. The van der Waals surface area contributed by atoms with E-state index < -0.39 is 11.5 Å². The average molecular weight is 584 g/mol. The van der Waals surface area contributed by atoms with Gasteiger partial charge >= 0.3 is 0 Å². The van der Waals surface area contributed by atoms with E-state index in [2.05, 4.69) is 15.3 Å². The number of methoxy groups -OCH3 is 1. The van der Waals surface area contributed by atoms with E-state index in [1.165, 1.54) is 19.2 Å². The van der Waals surface area contributed by atoms with Crippen LogP contribution in [0.1, 0.15) is 54.6 Å². The molecular weight excluding hydrogens is 552 g/mol. The molecule has 1 atom stereocenters. The summed E-state index contributed by atoms with van der Waals surface area (Å²) in [6, 6.07) is 11.5. The highest BCUT2D eigenvalue weighted by Crippen LogP contribution is 2.44. The van der Waals surface area contributed by atoms with Crippen molar-refractivity contribution in [3.05, 3.63) is 81.6 Å². The summed E-state index contributed by atoms with van der Waals surface area (Å²) in [4.78, 5) is 18.4. The first-order chi connectivity index (χ1) is 19.4. The number of aromatic nitrogens is 4. The lowest BCUT2D eigenvalue weighted by molar-refractivity contribution is -0.131. The Labute approximate surface area is 241 Å². The summed E-state index contributed by atoms with van der Waals surface area (Å²) in [5, 5.41) is 21.6. The van der Waals surface area contributed by atoms with Crippen LogP contribution in [-0.4, -0.2) is 56.1 Å². The first-order valence-corrected chi connectivity index (χ1v) is 13.8. The van der Waals surface area contributed by atoms with E-state index in [0.29, 0.717) is 71.0 Å². The molecule has 1 fully saturated rings. The Morgan fingerprint density at radius 2 is 1.80 bits per heavy atom. The molecule has 41 heavy (non-hydrogen) atoms. The van der Waals surface area contributed by atoms with Gasteiger partial charge in [-0.3, -0.25) is 4.79 Å². The number of hydrogen-bond acceptors (Lipinski definition) is 6. The normalized spacial score (nSPS) is 16.1. The summed E-state index contributed by atoms with van der Waals surface area (Å²) in [5.41, 5.74) is 1.56. The number of rotatable bonds is 7. The van der Waals surface area contributed by atoms with Gasteiger partial charge < -0.3 is 14.7 Å². The van der Waals surface area contributed by atoms with Crippen LogP contribution >= 0.6 is 11.6 Å². The molecule has 0 saturated carbocycles. The number of carbonyl (C=O) groups excluding carboxylic acids is 1. The molecule has 216 valence electrons. The molecule has 0 aliphatic carbocycles. The smallest absolute Gasteiger partial charge is 0.270 e. The lowest BCUT2D eigenvalue weighted by atomic mass is 9.74. The fourth-order valence-corrected chi connectivity index (χ4v) is 6.06. The molecule has 2 aromatic heterocycles. The van der Waals surface area contributed by atoms with Crippen molar-refractivity contribution in [2.75, 3.05) is 20.2 Å².